The first-order chi connectivity index (χ1) is 15.3. The smallest absolute Gasteiger partial charge is 0.223 e. The maximum Gasteiger partial charge on any atom is 0.223 e. The van der Waals surface area contributed by atoms with Crippen LogP contribution in [0.2, 0.25) is 0 Å². The normalized spacial score (nSPS) is 18.7. The molecule has 1 saturated heterocycles. The van der Waals surface area contributed by atoms with Gasteiger partial charge < -0.3 is 5.32 Å². The number of benzene rings is 2. The summed E-state index contributed by atoms with van der Waals surface area (Å²) in [6.07, 6.45) is 5.91. The molecular formula is C26H34N2O3S. The Balaban J connectivity index is 1.32. The van der Waals surface area contributed by atoms with Crippen LogP contribution in [0.1, 0.15) is 66.5 Å². The fourth-order valence-corrected chi connectivity index (χ4v) is 6.56. The summed E-state index contributed by atoms with van der Waals surface area (Å²) >= 11 is 0. The summed E-state index contributed by atoms with van der Waals surface area (Å²) in [4.78, 5) is 12.9. The van der Waals surface area contributed by atoms with Crippen molar-refractivity contribution in [2.45, 2.75) is 64.2 Å². The molecule has 1 fully saturated rings. The lowest BCUT2D eigenvalue weighted by Gasteiger charge is -2.31. The van der Waals surface area contributed by atoms with E-state index in [1.807, 2.05) is 38.1 Å². The van der Waals surface area contributed by atoms with Gasteiger partial charge in [0.1, 0.15) is 0 Å². The predicted molar refractivity (Wildman–Crippen MR) is 128 cm³/mol. The van der Waals surface area contributed by atoms with Crippen molar-refractivity contribution >= 4 is 15.9 Å². The Bertz CT molecular complexity index is 1070. The van der Waals surface area contributed by atoms with Gasteiger partial charge in [0.05, 0.1) is 11.8 Å². The van der Waals surface area contributed by atoms with Crippen molar-refractivity contribution in [1.29, 1.82) is 0 Å². The lowest BCUT2D eigenvalue weighted by molar-refractivity contribution is -0.126. The molecule has 0 bridgehead atoms. The second-order valence-corrected chi connectivity index (χ2v) is 11.3. The number of carbonyl (C=O) groups is 1. The van der Waals surface area contributed by atoms with Crippen LogP contribution in [-0.4, -0.2) is 31.7 Å². The van der Waals surface area contributed by atoms with E-state index in [9.17, 15) is 13.2 Å². The third-order valence-corrected chi connectivity index (χ3v) is 8.88. The SMILES string of the molecule is Cc1ccccc1CS(=O)(=O)N1CCC(C(=O)N[C@@H](C)c2ccc3c(c2)CCCC3)CC1. The zero-order chi connectivity index (χ0) is 22.7. The van der Waals surface area contributed by atoms with Crippen molar-refractivity contribution < 1.29 is 13.2 Å². The molecule has 1 aliphatic heterocycles. The van der Waals surface area contributed by atoms with Gasteiger partial charge in [-0.15, -0.1) is 0 Å². The molecule has 5 nitrogen and oxygen atoms in total. The number of hydrogen-bond acceptors (Lipinski definition) is 3. The monoisotopic (exact) mass is 454 g/mol. The average Bonchev–Trinajstić information content (AvgIpc) is 2.80. The van der Waals surface area contributed by atoms with Crippen LogP contribution >= 0.6 is 0 Å². The van der Waals surface area contributed by atoms with Gasteiger partial charge in [-0.25, -0.2) is 12.7 Å². The number of piperidine rings is 1. The van der Waals surface area contributed by atoms with Crippen molar-refractivity contribution in [1.82, 2.24) is 9.62 Å². The van der Waals surface area contributed by atoms with E-state index in [4.69, 9.17) is 0 Å². The van der Waals surface area contributed by atoms with Crippen LogP contribution in [0.3, 0.4) is 0 Å². The molecule has 0 spiro atoms. The van der Waals surface area contributed by atoms with Crippen LogP contribution < -0.4 is 5.32 Å². The molecule has 1 heterocycles. The van der Waals surface area contributed by atoms with E-state index in [0.29, 0.717) is 25.9 Å². The van der Waals surface area contributed by atoms with Crippen LogP contribution in [0.4, 0.5) is 0 Å². The minimum absolute atomic E-state index is 0.0197. The van der Waals surface area contributed by atoms with E-state index in [1.54, 1.807) is 4.31 Å². The van der Waals surface area contributed by atoms with Crippen LogP contribution in [0, 0.1) is 12.8 Å². The van der Waals surface area contributed by atoms with Gasteiger partial charge in [-0.05, 0) is 80.2 Å². The molecule has 1 atom stereocenters. The molecule has 0 saturated carbocycles. The van der Waals surface area contributed by atoms with Gasteiger partial charge in [0.25, 0.3) is 0 Å². The zero-order valence-corrected chi connectivity index (χ0v) is 20.0. The van der Waals surface area contributed by atoms with E-state index in [-0.39, 0.29) is 23.6 Å². The lowest BCUT2D eigenvalue weighted by atomic mass is 9.89. The number of fused-ring (bicyclic) bond motifs is 1. The maximum absolute atomic E-state index is 12.9. The molecule has 1 N–H and O–H groups in total. The predicted octanol–water partition coefficient (Wildman–Crippen LogP) is 4.29. The summed E-state index contributed by atoms with van der Waals surface area (Å²) in [7, 11) is -3.38. The highest BCUT2D eigenvalue weighted by Gasteiger charge is 2.32. The number of rotatable bonds is 6. The molecule has 2 aromatic carbocycles. The maximum atomic E-state index is 12.9. The average molecular weight is 455 g/mol. The topological polar surface area (TPSA) is 66.5 Å². The Morgan fingerprint density at radius 1 is 1.06 bits per heavy atom. The van der Waals surface area contributed by atoms with Crippen molar-refractivity contribution in [3.63, 3.8) is 0 Å². The molecule has 32 heavy (non-hydrogen) atoms. The fourth-order valence-electron chi connectivity index (χ4n) is 4.89. The molecule has 4 rings (SSSR count). The summed E-state index contributed by atoms with van der Waals surface area (Å²) in [5, 5.41) is 3.17. The van der Waals surface area contributed by atoms with Gasteiger partial charge in [-0.2, -0.15) is 0 Å². The first-order valence-corrected chi connectivity index (χ1v) is 13.4. The summed E-state index contributed by atoms with van der Waals surface area (Å²) in [5.74, 6) is -0.0857. The molecule has 1 amide bonds. The van der Waals surface area contributed by atoms with Gasteiger partial charge in [0.2, 0.25) is 15.9 Å². The van der Waals surface area contributed by atoms with Gasteiger partial charge >= 0.3 is 0 Å². The molecule has 172 valence electrons. The number of carbonyl (C=O) groups excluding carboxylic acids is 1. The first kappa shape index (κ1) is 23.0. The second kappa shape index (κ2) is 9.75. The van der Waals surface area contributed by atoms with Gasteiger partial charge in [-0.1, -0.05) is 42.5 Å². The van der Waals surface area contributed by atoms with Crippen molar-refractivity contribution in [3.05, 3.63) is 70.3 Å². The Hall–Kier alpha value is -2.18. The van der Waals surface area contributed by atoms with Gasteiger partial charge in [0, 0.05) is 19.0 Å². The highest BCUT2D eigenvalue weighted by molar-refractivity contribution is 7.88. The minimum Gasteiger partial charge on any atom is -0.349 e. The van der Waals surface area contributed by atoms with E-state index >= 15 is 0 Å². The molecule has 2 aliphatic rings. The molecule has 6 heteroatoms. The molecule has 0 aromatic heterocycles. The largest absolute Gasteiger partial charge is 0.349 e. The standard InChI is InChI=1S/C26H34N2O3S/c1-19-7-3-4-10-25(19)18-32(30,31)28-15-13-22(14-16-28)26(29)27-20(2)23-12-11-21-8-5-6-9-24(21)17-23/h3-4,7,10-12,17,20,22H,5-6,8-9,13-16,18H2,1-2H3,(H,27,29)/t20-/m0/s1. The molecule has 2 aromatic rings. The van der Waals surface area contributed by atoms with Crippen LogP contribution in [0.15, 0.2) is 42.5 Å². The molecule has 1 aliphatic carbocycles. The minimum atomic E-state index is -3.38. The van der Waals surface area contributed by atoms with E-state index in [2.05, 4.69) is 23.5 Å². The molecule has 0 unspecified atom stereocenters. The number of sulfonamides is 1. The Morgan fingerprint density at radius 2 is 1.75 bits per heavy atom. The van der Waals surface area contributed by atoms with Crippen molar-refractivity contribution in [3.8, 4) is 0 Å². The second-order valence-electron chi connectivity index (χ2n) is 9.32. The number of nitrogens with zero attached hydrogens (tertiary/aromatic N) is 1. The third kappa shape index (κ3) is 5.24. The summed E-state index contributed by atoms with van der Waals surface area (Å²) in [6, 6.07) is 14.2. The quantitative estimate of drug-likeness (QED) is 0.708. The zero-order valence-electron chi connectivity index (χ0n) is 19.1. The highest BCUT2D eigenvalue weighted by atomic mass is 32.2. The molecule has 0 radical (unpaired) electrons. The fraction of sp³-hybridized carbons (Fsp3) is 0.500. The van der Waals surface area contributed by atoms with E-state index < -0.39 is 10.0 Å². The third-order valence-electron chi connectivity index (χ3n) is 7.05. The number of amides is 1. The molecular weight excluding hydrogens is 420 g/mol. The van der Waals surface area contributed by atoms with Crippen LogP contribution in [0.5, 0.6) is 0 Å². The number of nitrogens with one attached hydrogen (secondary N) is 1. The Morgan fingerprint density at radius 3 is 2.47 bits per heavy atom. The van der Waals surface area contributed by atoms with Crippen LogP contribution in [0.25, 0.3) is 0 Å². The lowest BCUT2D eigenvalue weighted by Crippen LogP contribution is -2.43. The number of hydrogen-bond donors (Lipinski definition) is 1. The Kier molecular flexibility index (Phi) is 7.01. The highest BCUT2D eigenvalue weighted by Crippen LogP contribution is 2.26. The van der Waals surface area contributed by atoms with E-state index in [1.165, 1.54) is 24.0 Å². The van der Waals surface area contributed by atoms with Crippen molar-refractivity contribution in [2.24, 2.45) is 5.92 Å². The number of aryl methyl sites for hydroxylation is 3. The first-order valence-electron chi connectivity index (χ1n) is 11.8. The summed E-state index contributed by atoms with van der Waals surface area (Å²) in [6.45, 7) is 4.77. The summed E-state index contributed by atoms with van der Waals surface area (Å²) in [5.41, 5.74) is 5.84. The van der Waals surface area contributed by atoms with Crippen LogP contribution in [-0.2, 0) is 33.4 Å². The van der Waals surface area contributed by atoms with Gasteiger partial charge in [-0.3, -0.25) is 4.79 Å². The van der Waals surface area contributed by atoms with Gasteiger partial charge in [0.15, 0.2) is 0 Å². The summed E-state index contributed by atoms with van der Waals surface area (Å²) < 4.78 is 27.3. The van der Waals surface area contributed by atoms with E-state index in [0.717, 1.165) is 29.5 Å². The Labute approximate surface area is 192 Å². The van der Waals surface area contributed by atoms with Crippen molar-refractivity contribution in [2.75, 3.05) is 13.1 Å².